The first-order valence-electron chi connectivity index (χ1n) is 3.78. The number of nitriles is 1. The van der Waals surface area contributed by atoms with Crippen LogP contribution in [0.25, 0.3) is 0 Å². The van der Waals surface area contributed by atoms with Crippen molar-refractivity contribution in [3.63, 3.8) is 0 Å². The highest BCUT2D eigenvalue weighted by Crippen LogP contribution is 2.31. The van der Waals surface area contributed by atoms with Crippen LogP contribution in [0.4, 0.5) is 22.0 Å². The summed E-state index contributed by atoms with van der Waals surface area (Å²) in [4.78, 5) is 3.04. The summed E-state index contributed by atoms with van der Waals surface area (Å²) in [5.41, 5.74) is -1.62. The van der Waals surface area contributed by atoms with Gasteiger partial charge in [-0.15, -0.1) is 13.2 Å². The van der Waals surface area contributed by atoms with E-state index >= 15 is 0 Å². The van der Waals surface area contributed by atoms with Crippen LogP contribution in [0.2, 0.25) is 0 Å². The number of halogens is 5. The summed E-state index contributed by atoms with van der Waals surface area (Å²) < 4.78 is 63.4. The first-order valence-corrected chi connectivity index (χ1v) is 3.78. The summed E-state index contributed by atoms with van der Waals surface area (Å²) in [6, 6.07) is 2.91. The minimum Gasteiger partial charge on any atom is -0.404 e. The molecule has 0 N–H and O–H groups in total. The fraction of sp³-hybridized carbons (Fsp3) is 0.250. The van der Waals surface area contributed by atoms with Crippen LogP contribution in [-0.2, 0) is 0 Å². The molecule has 1 aromatic rings. The molecule has 0 aliphatic carbocycles. The van der Waals surface area contributed by atoms with E-state index < -0.39 is 29.9 Å². The van der Waals surface area contributed by atoms with Gasteiger partial charge in [0.05, 0.1) is 0 Å². The number of rotatable bonds is 2. The summed E-state index contributed by atoms with van der Waals surface area (Å²) in [6.07, 6.45) is -8.34. The molecule has 1 aromatic heterocycles. The van der Waals surface area contributed by atoms with Crippen molar-refractivity contribution < 1.29 is 26.7 Å². The molecule has 0 unspecified atom stereocenters. The number of aromatic nitrogens is 1. The number of pyridine rings is 1. The van der Waals surface area contributed by atoms with Gasteiger partial charge in [-0.1, -0.05) is 0 Å². The molecule has 3 nitrogen and oxygen atoms in total. The Morgan fingerprint density at radius 1 is 1.31 bits per heavy atom. The van der Waals surface area contributed by atoms with E-state index in [2.05, 4.69) is 9.72 Å². The van der Waals surface area contributed by atoms with E-state index in [9.17, 15) is 22.0 Å². The normalized spacial score (nSPS) is 11.3. The van der Waals surface area contributed by atoms with Crippen LogP contribution in [-0.4, -0.2) is 11.3 Å². The molecule has 0 saturated carbocycles. The Morgan fingerprint density at radius 2 is 1.94 bits per heavy atom. The lowest BCUT2D eigenvalue weighted by atomic mass is 10.3. The van der Waals surface area contributed by atoms with E-state index in [-0.39, 0.29) is 0 Å². The fourth-order valence-corrected chi connectivity index (χ4v) is 0.892. The predicted octanol–water partition coefficient (Wildman–Crippen LogP) is 2.79. The molecule has 0 aliphatic rings. The summed E-state index contributed by atoms with van der Waals surface area (Å²) in [6.45, 7) is 0. The Bertz CT molecular complexity index is 423. The topological polar surface area (TPSA) is 45.9 Å². The van der Waals surface area contributed by atoms with Crippen molar-refractivity contribution in [1.29, 1.82) is 5.26 Å². The minimum atomic E-state index is -5.08. The molecular weight excluding hydrogens is 235 g/mol. The van der Waals surface area contributed by atoms with E-state index in [1.165, 1.54) is 6.07 Å². The molecule has 1 rings (SSSR count). The quantitative estimate of drug-likeness (QED) is 0.744. The van der Waals surface area contributed by atoms with Gasteiger partial charge in [0.15, 0.2) is 11.4 Å². The van der Waals surface area contributed by atoms with E-state index in [0.29, 0.717) is 6.07 Å². The summed E-state index contributed by atoms with van der Waals surface area (Å²) >= 11 is 0. The lowest BCUT2D eigenvalue weighted by Gasteiger charge is -2.11. The van der Waals surface area contributed by atoms with Crippen LogP contribution < -0.4 is 4.74 Å². The highest BCUT2D eigenvalue weighted by atomic mass is 19.4. The maximum atomic E-state index is 12.3. The number of ether oxygens (including phenoxy) is 1. The van der Waals surface area contributed by atoms with Crippen molar-refractivity contribution in [2.24, 2.45) is 0 Å². The smallest absolute Gasteiger partial charge is 0.404 e. The fourth-order valence-electron chi connectivity index (χ4n) is 0.892. The second kappa shape index (κ2) is 4.30. The largest absolute Gasteiger partial charge is 0.573 e. The second-order valence-corrected chi connectivity index (χ2v) is 2.54. The van der Waals surface area contributed by atoms with E-state index in [4.69, 9.17) is 5.26 Å². The number of hydrogen-bond acceptors (Lipinski definition) is 3. The minimum absolute atomic E-state index is 0.412. The molecule has 16 heavy (non-hydrogen) atoms. The third-order valence-electron chi connectivity index (χ3n) is 1.43. The predicted molar refractivity (Wildman–Crippen MR) is 40.6 cm³/mol. The summed E-state index contributed by atoms with van der Waals surface area (Å²) in [5.74, 6) is -1.11. The van der Waals surface area contributed by atoms with Crippen molar-refractivity contribution in [2.75, 3.05) is 0 Å². The van der Waals surface area contributed by atoms with Crippen LogP contribution in [0.5, 0.6) is 5.75 Å². The van der Waals surface area contributed by atoms with Crippen LogP contribution in [0, 0.1) is 11.3 Å². The Morgan fingerprint density at radius 3 is 2.38 bits per heavy atom. The average Bonchev–Trinajstić information content (AvgIpc) is 2.15. The van der Waals surface area contributed by atoms with E-state index in [1.807, 2.05) is 0 Å². The third kappa shape index (κ3) is 3.05. The molecule has 0 bridgehead atoms. The first kappa shape index (κ1) is 12.2. The van der Waals surface area contributed by atoms with Crippen LogP contribution in [0.1, 0.15) is 17.8 Å². The van der Waals surface area contributed by atoms with Gasteiger partial charge in [0, 0.05) is 0 Å². The third-order valence-corrected chi connectivity index (χ3v) is 1.43. The monoisotopic (exact) mass is 238 g/mol. The molecule has 0 saturated heterocycles. The average molecular weight is 238 g/mol. The Kier molecular flexibility index (Phi) is 3.27. The Balaban J connectivity index is 3.14. The first-order chi connectivity index (χ1) is 7.33. The van der Waals surface area contributed by atoms with Gasteiger partial charge in [-0.05, 0) is 12.1 Å². The highest BCUT2D eigenvalue weighted by molar-refractivity contribution is 5.34. The SMILES string of the molecule is N#Cc1ccc(OC(F)(F)F)c(C(F)F)n1. The van der Waals surface area contributed by atoms with Crippen molar-refractivity contribution in [1.82, 2.24) is 4.98 Å². The molecule has 0 atom stereocenters. The van der Waals surface area contributed by atoms with Crippen LogP contribution in [0.15, 0.2) is 12.1 Å². The zero-order chi connectivity index (χ0) is 12.3. The molecule has 0 aromatic carbocycles. The molecule has 0 fully saturated rings. The standard InChI is InChI=1S/C8H3F5N2O/c9-7(10)6-5(16-8(11,12)13)2-1-4(3-14)15-6/h1-2,7H. The van der Waals surface area contributed by atoms with Crippen molar-refractivity contribution in [3.8, 4) is 11.8 Å². The van der Waals surface area contributed by atoms with Gasteiger partial charge in [0.25, 0.3) is 6.43 Å². The molecule has 0 amide bonds. The molecule has 0 spiro atoms. The molecule has 0 radical (unpaired) electrons. The Hall–Kier alpha value is -1.91. The van der Waals surface area contributed by atoms with Gasteiger partial charge in [0.1, 0.15) is 11.8 Å². The highest BCUT2D eigenvalue weighted by Gasteiger charge is 2.33. The van der Waals surface area contributed by atoms with Crippen LogP contribution in [0.3, 0.4) is 0 Å². The summed E-state index contributed by atoms with van der Waals surface area (Å²) in [7, 11) is 0. The van der Waals surface area contributed by atoms with Crippen molar-refractivity contribution >= 4 is 0 Å². The van der Waals surface area contributed by atoms with Crippen molar-refractivity contribution in [2.45, 2.75) is 12.8 Å². The molecule has 0 aliphatic heterocycles. The number of hydrogen-bond donors (Lipinski definition) is 0. The molecular formula is C8H3F5N2O. The van der Waals surface area contributed by atoms with Gasteiger partial charge in [-0.2, -0.15) is 5.26 Å². The molecule has 8 heteroatoms. The maximum Gasteiger partial charge on any atom is 0.573 e. The van der Waals surface area contributed by atoms with Gasteiger partial charge in [-0.25, -0.2) is 13.8 Å². The van der Waals surface area contributed by atoms with E-state index in [1.54, 1.807) is 0 Å². The van der Waals surface area contributed by atoms with Gasteiger partial charge >= 0.3 is 6.36 Å². The zero-order valence-electron chi connectivity index (χ0n) is 7.42. The van der Waals surface area contributed by atoms with E-state index in [0.717, 1.165) is 6.07 Å². The lowest BCUT2D eigenvalue weighted by molar-refractivity contribution is -0.275. The maximum absolute atomic E-state index is 12.3. The van der Waals surface area contributed by atoms with Crippen LogP contribution >= 0.6 is 0 Å². The Labute approximate surface area is 86.1 Å². The molecule has 86 valence electrons. The number of alkyl halides is 5. The number of nitrogens with zero attached hydrogens (tertiary/aromatic N) is 2. The zero-order valence-corrected chi connectivity index (χ0v) is 7.42. The molecule has 1 heterocycles. The lowest BCUT2D eigenvalue weighted by Crippen LogP contribution is -2.18. The summed E-state index contributed by atoms with van der Waals surface area (Å²) in [5, 5.41) is 8.35. The van der Waals surface area contributed by atoms with Crippen molar-refractivity contribution in [3.05, 3.63) is 23.5 Å². The second-order valence-electron chi connectivity index (χ2n) is 2.54. The van der Waals surface area contributed by atoms with Gasteiger partial charge < -0.3 is 4.74 Å². The van der Waals surface area contributed by atoms with Gasteiger partial charge in [-0.3, -0.25) is 0 Å². The van der Waals surface area contributed by atoms with Gasteiger partial charge in [0.2, 0.25) is 0 Å².